The van der Waals surface area contributed by atoms with Crippen LogP contribution in [0.1, 0.15) is 6.92 Å². The predicted molar refractivity (Wildman–Crippen MR) is 45.2 cm³/mol. The van der Waals surface area contributed by atoms with Crippen LogP contribution in [0.25, 0.3) is 0 Å². The lowest BCUT2D eigenvalue weighted by atomic mass is 10.1. The summed E-state index contributed by atoms with van der Waals surface area (Å²) in [6.07, 6.45) is 0. The lowest BCUT2D eigenvalue weighted by Crippen LogP contribution is -2.52. The molecule has 0 unspecified atom stereocenters. The minimum Gasteiger partial charge on any atom is -0.479 e. The molecular formula is C5H8INO4. The minimum absolute atomic E-state index is 0.0939. The smallest absolute Gasteiger partial charge is 0.338 e. The molecule has 5 nitrogen and oxygen atoms in total. The van der Waals surface area contributed by atoms with Crippen molar-refractivity contribution in [3.63, 3.8) is 0 Å². The molecule has 0 aromatic carbocycles. The Morgan fingerprint density at radius 2 is 2.18 bits per heavy atom. The molecule has 0 aromatic heterocycles. The molecule has 6 heteroatoms. The average molecular weight is 273 g/mol. The third kappa shape index (κ3) is 2.62. The van der Waals surface area contributed by atoms with E-state index in [9.17, 15) is 9.59 Å². The van der Waals surface area contributed by atoms with Crippen LogP contribution in [0, 0.1) is 0 Å². The Labute approximate surface area is 77.0 Å². The number of halogens is 1. The van der Waals surface area contributed by atoms with E-state index >= 15 is 0 Å². The third-order valence-corrected chi connectivity index (χ3v) is 1.37. The zero-order valence-corrected chi connectivity index (χ0v) is 7.99. The van der Waals surface area contributed by atoms with Crippen molar-refractivity contribution in [1.29, 1.82) is 0 Å². The molecular weight excluding hydrogens is 265 g/mol. The number of esters is 1. The maximum absolute atomic E-state index is 10.8. The van der Waals surface area contributed by atoms with Crippen LogP contribution >= 0.6 is 22.6 Å². The van der Waals surface area contributed by atoms with Gasteiger partial charge in [0.25, 0.3) is 0 Å². The first-order valence-electron chi connectivity index (χ1n) is 2.68. The van der Waals surface area contributed by atoms with E-state index < -0.39 is 17.5 Å². The van der Waals surface area contributed by atoms with E-state index in [1.807, 2.05) is 0 Å². The van der Waals surface area contributed by atoms with Gasteiger partial charge in [0.1, 0.15) is 4.61 Å². The van der Waals surface area contributed by atoms with Crippen molar-refractivity contribution >= 4 is 34.5 Å². The van der Waals surface area contributed by atoms with Crippen LogP contribution in [0.3, 0.4) is 0 Å². The fourth-order valence-corrected chi connectivity index (χ4v) is 0.570. The molecule has 0 rings (SSSR count). The number of carbonyl (C=O) groups excluding carboxylic acids is 1. The van der Waals surface area contributed by atoms with E-state index in [-0.39, 0.29) is 4.61 Å². The number of aliphatic carboxylic acids is 1. The van der Waals surface area contributed by atoms with Gasteiger partial charge in [-0.2, -0.15) is 0 Å². The lowest BCUT2D eigenvalue weighted by Gasteiger charge is -2.15. The Morgan fingerprint density at radius 1 is 1.73 bits per heavy atom. The monoisotopic (exact) mass is 273 g/mol. The highest BCUT2D eigenvalue weighted by atomic mass is 127. The van der Waals surface area contributed by atoms with E-state index in [0.717, 1.165) is 6.92 Å². The van der Waals surface area contributed by atoms with E-state index in [0.29, 0.717) is 0 Å². The van der Waals surface area contributed by atoms with Crippen LogP contribution in [0.2, 0.25) is 0 Å². The Balaban J connectivity index is 4.30. The minimum atomic E-state index is -1.94. The van der Waals surface area contributed by atoms with Crippen molar-refractivity contribution < 1.29 is 19.4 Å². The number of hydrogen-bond acceptors (Lipinski definition) is 4. The molecule has 0 aromatic rings. The van der Waals surface area contributed by atoms with Crippen molar-refractivity contribution in [1.82, 2.24) is 0 Å². The maximum atomic E-state index is 10.8. The number of nitrogens with two attached hydrogens (primary N) is 1. The summed E-state index contributed by atoms with van der Waals surface area (Å²) in [5, 5.41) is 8.41. The van der Waals surface area contributed by atoms with Crippen LogP contribution in [0.15, 0.2) is 0 Å². The number of carboxylic acid groups (broad SMARTS) is 1. The van der Waals surface area contributed by atoms with E-state index in [1.165, 1.54) is 0 Å². The first kappa shape index (κ1) is 10.6. The molecule has 0 spiro atoms. The summed E-state index contributed by atoms with van der Waals surface area (Å²) in [7, 11) is 0. The Bertz CT molecular complexity index is 179. The molecule has 0 amide bonds. The molecule has 11 heavy (non-hydrogen) atoms. The van der Waals surface area contributed by atoms with Crippen LogP contribution in [-0.4, -0.2) is 27.2 Å². The van der Waals surface area contributed by atoms with Crippen molar-refractivity contribution in [3.8, 4) is 0 Å². The highest BCUT2D eigenvalue weighted by molar-refractivity contribution is 14.1. The van der Waals surface area contributed by atoms with Crippen molar-refractivity contribution in [2.45, 2.75) is 12.5 Å². The summed E-state index contributed by atoms with van der Waals surface area (Å²) < 4.78 is 4.50. The maximum Gasteiger partial charge on any atom is 0.338 e. The molecule has 0 aliphatic rings. The van der Waals surface area contributed by atoms with E-state index in [2.05, 4.69) is 4.74 Å². The second-order valence-electron chi connectivity index (χ2n) is 2.05. The Hall–Kier alpha value is -0.370. The predicted octanol–water partition coefficient (Wildman–Crippen LogP) is -0.276. The Morgan fingerprint density at radius 3 is 2.45 bits per heavy atom. The van der Waals surface area contributed by atoms with Gasteiger partial charge in [-0.05, 0) is 29.5 Å². The summed E-state index contributed by atoms with van der Waals surface area (Å²) in [4.78, 5) is 21.1. The molecule has 0 heterocycles. The van der Waals surface area contributed by atoms with Crippen molar-refractivity contribution in [2.24, 2.45) is 5.73 Å². The zero-order chi connectivity index (χ0) is 9.07. The van der Waals surface area contributed by atoms with Crippen molar-refractivity contribution in [2.75, 3.05) is 4.61 Å². The highest BCUT2D eigenvalue weighted by Gasteiger charge is 2.38. The summed E-state index contributed by atoms with van der Waals surface area (Å²) in [6, 6.07) is 0. The normalized spacial score (nSPS) is 15.2. The topological polar surface area (TPSA) is 89.6 Å². The van der Waals surface area contributed by atoms with Gasteiger partial charge in [-0.15, -0.1) is 0 Å². The van der Waals surface area contributed by atoms with Gasteiger partial charge in [0, 0.05) is 0 Å². The standard InChI is InChI=1S/C5H8INO4/c1-5(7,3(8)9)4(10)11-2-6/h2,7H2,1H3,(H,8,9)/t5-/m0/s1. The average Bonchev–Trinajstić information content (AvgIpc) is 1.88. The lowest BCUT2D eigenvalue weighted by molar-refractivity contribution is -0.158. The molecule has 0 saturated heterocycles. The van der Waals surface area contributed by atoms with Gasteiger partial charge in [-0.1, -0.05) is 0 Å². The molecule has 0 bridgehead atoms. The number of carbonyl (C=O) groups is 2. The summed E-state index contributed by atoms with van der Waals surface area (Å²) in [6.45, 7) is 1.09. The van der Waals surface area contributed by atoms with Gasteiger partial charge >= 0.3 is 11.9 Å². The van der Waals surface area contributed by atoms with Gasteiger partial charge in [-0.3, -0.25) is 0 Å². The second-order valence-corrected chi connectivity index (χ2v) is 2.67. The second kappa shape index (κ2) is 3.86. The van der Waals surface area contributed by atoms with Gasteiger partial charge < -0.3 is 15.6 Å². The SMILES string of the molecule is C[C@](N)(C(=O)O)C(=O)OCI. The van der Waals surface area contributed by atoms with Gasteiger partial charge in [-0.25, -0.2) is 9.59 Å². The fraction of sp³-hybridized carbons (Fsp3) is 0.600. The number of alkyl halides is 1. The zero-order valence-electron chi connectivity index (χ0n) is 5.83. The molecule has 0 saturated carbocycles. The molecule has 64 valence electrons. The van der Waals surface area contributed by atoms with Crippen molar-refractivity contribution in [3.05, 3.63) is 0 Å². The molecule has 0 aliphatic carbocycles. The largest absolute Gasteiger partial charge is 0.479 e. The van der Waals surface area contributed by atoms with Crippen LogP contribution in [0.4, 0.5) is 0 Å². The molecule has 0 aliphatic heterocycles. The fourth-order valence-electron chi connectivity index (χ4n) is 0.287. The summed E-state index contributed by atoms with van der Waals surface area (Å²) in [5.41, 5.74) is 3.17. The van der Waals surface area contributed by atoms with E-state index in [4.69, 9.17) is 10.8 Å². The van der Waals surface area contributed by atoms with Gasteiger partial charge in [0.05, 0.1) is 0 Å². The Kier molecular flexibility index (Phi) is 3.73. The first-order valence-corrected chi connectivity index (χ1v) is 4.21. The number of rotatable bonds is 3. The van der Waals surface area contributed by atoms with Crippen LogP contribution < -0.4 is 5.73 Å². The molecule has 0 radical (unpaired) electrons. The van der Waals surface area contributed by atoms with E-state index in [1.54, 1.807) is 22.6 Å². The van der Waals surface area contributed by atoms with Crippen LogP contribution in [-0.2, 0) is 14.3 Å². The quantitative estimate of drug-likeness (QED) is 0.319. The molecule has 1 atom stereocenters. The number of ether oxygens (including phenoxy) is 1. The number of carboxylic acids is 1. The number of hydrogen-bond donors (Lipinski definition) is 2. The molecule has 3 N–H and O–H groups in total. The van der Waals surface area contributed by atoms with Gasteiger partial charge in [0.15, 0.2) is 0 Å². The van der Waals surface area contributed by atoms with Crippen LogP contribution in [0.5, 0.6) is 0 Å². The summed E-state index contributed by atoms with van der Waals surface area (Å²) >= 11 is 1.77. The first-order chi connectivity index (χ1) is 4.92. The third-order valence-electron chi connectivity index (χ3n) is 1.05. The van der Waals surface area contributed by atoms with Gasteiger partial charge in [0.2, 0.25) is 5.54 Å². The molecule has 0 fully saturated rings. The summed E-state index contributed by atoms with van der Waals surface area (Å²) in [5.74, 6) is -2.33. The highest BCUT2D eigenvalue weighted by Crippen LogP contribution is 2.03.